The summed E-state index contributed by atoms with van der Waals surface area (Å²) in [6, 6.07) is 18.2. The summed E-state index contributed by atoms with van der Waals surface area (Å²) in [5, 5.41) is 11.8. The SMILES string of the molecule is COc1ccccc1CC(=O)C(C#N)C(=O)NCc1ccccc1. The summed E-state index contributed by atoms with van der Waals surface area (Å²) < 4.78 is 5.19. The van der Waals surface area contributed by atoms with Crippen molar-refractivity contribution < 1.29 is 14.3 Å². The third kappa shape index (κ3) is 4.43. The van der Waals surface area contributed by atoms with Crippen LogP contribution in [0.15, 0.2) is 54.6 Å². The average Bonchev–Trinajstić information content (AvgIpc) is 2.62. The molecule has 0 aliphatic rings. The van der Waals surface area contributed by atoms with E-state index in [9.17, 15) is 14.9 Å². The number of ketones is 1. The van der Waals surface area contributed by atoms with Gasteiger partial charge in [0, 0.05) is 18.5 Å². The van der Waals surface area contributed by atoms with E-state index < -0.39 is 17.6 Å². The molecule has 1 N–H and O–H groups in total. The highest BCUT2D eigenvalue weighted by atomic mass is 16.5. The van der Waals surface area contributed by atoms with Gasteiger partial charge in [0.25, 0.3) is 0 Å². The molecule has 122 valence electrons. The van der Waals surface area contributed by atoms with Crippen LogP contribution in [0.5, 0.6) is 5.75 Å². The second-order valence-electron chi connectivity index (χ2n) is 5.22. The normalized spacial score (nSPS) is 11.2. The fraction of sp³-hybridized carbons (Fsp3) is 0.211. The number of hydrogen-bond acceptors (Lipinski definition) is 4. The number of para-hydroxylation sites is 1. The minimum absolute atomic E-state index is 0.0268. The molecule has 0 saturated carbocycles. The van der Waals surface area contributed by atoms with Gasteiger partial charge in [-0.05, 0) is 11.6 Å². The van der Waals surface area contributed by atoms with E-state index in [1.54, 1.807) is 30.3 Å². The third-order valence-electron chi connectivity index (χ3n) is 3.58. The Morgan fingerprint density at radius 2 is 1.79 bits per heavy atom. The summed E-state index contributed by atoms with van der Waals surface area (Å²) >= 11 is 0. The molecule has 2 aromatic carbocycles. The van der Waals surface area contributed by atoms with Crippen LogP contribution in [-0.2, 0) is 22.6 Å². The molecule has 1 atom stereocenters. The Balaban J connectivity index is 2.00. The molecule has 1 unspecified atom stereocenters. The molecule has 0 spiro atoms. The molecule has 24 heavy (non-hydrogen) atoms. The molecule has 0 aliphatic heterocycles. The molecule has 0 aliphatic carbocycles. The van der Waals surface area contributed by atoms with Gasteiger partial charge in [0.1, 0.15) is 5.75 Å². The van der Waals surface area contributed by atoms with Crippen molar-refractivity contribution in [2.24, 2.45) is 5.92 Å². The van der Waals surface area contributed by atoms with Crippen LogP contribution < -0.4 is 10.1 Å². The highest BCUT2D eigenvalue weighted by Crippen LogP contribution is 2.19. The van der Waals surface area contributed by atoms with Gasteiger partial charge in [-0.2, -0.15) is 5.26 Å². The second kappa shape index (κ2) is 8.49. The van der Waals surface area contributed by atoms with E-state index in [-0.39, 0.29) is 13.0 Å². The van der Waals surface area contributed by atoms with E-state index in [0.29, 0.717) is 11.3 Å². The van der Waals surface area contributed by atoms with Gasteiger partial charge in [-0.25, -0.2) is 0 Å². The van der Waals surface area contributed by atoms with Gasteiger partial charge in [0.2, 0.25) is 5.91 Å². The van der Waals surface area contributed by atoms with Crippen molar-refractivity contribution in [3.8, 4) is 11.8 Å². The number of nitriles is 1. The number of carbonyl (C=O) groups excluding carboxylic acids is 2. The van der Waals surface area contributed by atoms with Crippen molar-refractivity contribution in [1.82, 2.24) is 5.32 Å². The molecule has 2 rings (SSSR count). The lowest BCUT2D eigenvalue weighted by molar-refractivity contribution is -0.131. The third-order valence-corrected chi connectivity index (χ3v) is 3.58. The first kappa shape index (κ1) is 17.2. The minimum atomic E-state index is -1.33. The number of benzene rings is 2. The minimum Gasteiger partial charge on any atom is -0.496 e. The maximum Gasteiger partial charge on any atom is 0.245 e. The summed E-state index contributed by atoms with van der Waals surface area (Å²) in [4.78, 5) is 24.5. The lowest BCUT2D eigenvalue weighted by atomic mass is 9.97. The number of nitrogens with zero attached hydrogens (tertiary/aromatic N) is 1. The maximum absolute atomic E-state index is 12.3. The van der Waals surface area contributed by atoms with Crippen molar-refractivity contribution >= 4 is 11.7 Å². The number of hydrogen-bond donors (Lipinski definition) is 1. The smallest absolute Gasteiger partial charge is 0.245 e. The molecule has 2 aromatic rings. The second-order valence-corrected chi connectivity index (χ2v) is 5.22. The first-order valence-electron chi connectivity index (χ1n) is 7.51. The fourth-order valence-electron chi connectivity index (χ4n) is 2.30. The summed E-state index contributed by atoms with van der Waals surface area (Å²) in [5.41, 5.74) is 1.56. The molecular weight excluding hydrogens is 304 g/mol. The van der Waals surface area contributed by atoms with Gasteiger partial charge in [-0.1, -0.05) is 48.5 Å². The van der Waals surface area contributed by atoms with Gasteiger partial charge in [-0.15, -0.1) is 0 Å². The van der Waals surface area contributed by atoms with Crippen molar-refractivity contribution in [2.75, 3.05) is 7.11 Å². The Morgan fingerprint density at radius 1 is 1.12 bits per heavy atom. The summed E-state index contributed by atoms with van der Waals surface area (Å²) in [5.74, 6) is -1.81. The zero-order valence-electron chi connectivity index (χ0n) is 13.4. The zero-order valence-corrected chi connectivity index (χ0v) is 13.4. The molecule has 0 radical (unpaired) electrons. The van der Waals surface area contributed by atoms with Gasteiger partial charge in [0.15, 0.2) is 11.7 Å². The average molecular weight is 322 g/mol. The van der Waals surface area contributed by atoms with Crippen LogP contribution in [0.3, 0.4) is 0 Å². The molecular formula is C19H18N2O3. The lowest BCUT2D eigenvalue weighted by Crippen LogP contribution is -2.35. The molecule has 0 aromatic heterocycles. The molecule has 5 heteroatoms. The Bertz CT molecular complexity index is 751. The number of Topliss-reactive ketones (excluding diaryl/α,β-unsaturated/α-hetero) is 1. The van der Waals surface area contributed by atoms with E-state index >= 15 is 0 Å². The van der Waals surface area contributed by atoms with E-state index in [4.69, 9.17) is 4.74 Å². The quantitative estimate of drug-likeness (QED) is 0.793. The fourth-order valence-corrected chi connectivity index (χ4v) is 2.30. The standard InChI is InChI=1S/C19H18N2O3/c1-24-18-10-6-5-9-15(18)11-17(22)16(12-20)19(23)21-13-14-7-3-2-4-8-14/h2-10,16H,11,13H2,1H3,(H,21,23). The van der Waals surface area contributed by atoms with Crippen molar-refractivity contribution in [3.05, 3.63) is 65.7 Å². The Kier molecular flexibility index (Phi) is 6.09. The molecule has 1 amide bonds. The Labute approximate surface area is 140 Å². The lowest BCUT2D eigenvalue weighted by Gasteiger charge is -2.11. The summed E-state index contributed by atoms with van der Waals surface area (Å²) in [6.45, 7) is 0.278. The van der Waals surface area contributed by atoms with E-state index in [1.165, 1.54) is 7.11 Å². The molecule has 0 heterocycles. The van der Waals surface area contributed by atoms with Crippen LogP contribution in [0.2, 0.25) is 0 Å². The highest BCUT2D eigenvalue weighted by molar-refractivity contribution is 6.04. The molecule has 5 nitrogen and oxygen atoms in total. The van der Waals surface area contributed by atoms with Crippen molar-refractivity contribution in [3.63, 3.8) is 0 Å². The number of nitrogens with one attached hydrogen (secondary N) is 1. The van der Waals surface area contributed by atoms with Crippen LogP contribution in [-0.4, -0.2) is 18.8 Å². The monoisotopic (exact) mass is 322 g/mol. The number of amides is 1. The van der Waals surface area contributed by atoms with E-state index in [0.717, 1.165) is 5.56 Å². The topological polar surface area (TPSA) is 79.2 Å². The summed E-state index contributed by atoms with van der Waals surface area (Å²) in [6.07, 6.45) is -0.0268. The van der Waals surface area contributed by atoms with Crippen LogP contribution >= 0.6 is 0 Å². The molecule has 0 fully saturated rings. The van der Waals surface area contributed by atoms with Crippen LogP contribution in [0.4, 0.5) is 0 Å². The van der Waals surface area contributed by atoms with Gasteiger partial charge in [-0.3, -0.25) is 9.59 Å². The Hall–Kier alpha value is -3.13. The van der Waals surface area contributed by atoms with Crippen LogP contribution in [0, 0.1) is 17.2 Å². The molecule has 0 bridgehead atoms. The number of rotatable bonds is 7. The maximum atomic E-state index is 12.3. The van der Waals surface area contributed by atoms with E-state index in [2.05, 4.69) is 5.32 Å². The number of methoxy groups -OCH3 is 1. The van der Waals surface area contributed by atoms with Crippen LogP contribution in [0.1, 0.15) is 11.1 Å². The molecule has 0 saturated heterocycles. The summed E-state index contributed by atoms with van der Waals surface area (Å²) in [7, 11) is 1.51. The largest absolute Gasteiger partial charge is 0.496 e. The van der Waals surface area contributed by atoms with Gasteiger partial charge < -0.3 is 10.1 Å². The first-order chi connectivity index (χ1) is 11.7. The van der Waals surface area contributed by atoms with Crippen molar-refractivity contribution in [2.45, 2.75) is 13.0 Å². The van der Waals surface area contributed by atoms with E-state index in [1.807, 2.05) is 30.3 Å². The van der Waals surface area contributed by atoms with Crippen LogP contribution in [0.25, 0.3) is 0 Å². The number of ether oxygens (including phenoxy) is 1. The zero-order chi connectivity index (χ0) is 17.4. The highest BCUT2D eigenvalue weighted by Gasteiger charge is 2.26. The van der Waals surface area contributed by atoms with Gasteiger partial charge >= 0.3 is 0 Å². The first-order valence-corrected chi connectivity index (χ1v) is 7.51. The van der Waals surface area contributed by atoms with Gasteiger partial charge in [0.05, 0.1) is 13.2 Å². The predicted molar refractivity (Wildman–Crippen MR) is 89.1 cm³/mol. The van der Waals surface area contributed by atoms with Crippen molar-refractivity contribution in [1.29, 1.82) is 5.26 Å². The Morgan fingerprint density at radius 3 is 2.46 bits per heavy atom. The predicted octanol–water partition coefficient (Wildman–Crippen LogP) is 2.26. The number of carbonyl (C=O) groups is 2.